The number of hydrogen-bond acceptors (Lipinski definition) is 3. The van der Waals surface area contributed by atoms with Crippen molar-refractivity contribution in [3.8, 4) is 0 Å². The number of nitrogens with one attached hydrogen (secondary N) is 1. The van der Waals surface area contributed by atoms with Gasteiger partial charge in [-0.25, -0.2) is 9.37 Å². The monoisotopic (exact) mass is 383 g/mol. The lowest BCUT2D eigenvalue weighted by Gasteiger charge is -2.29. The van der Waals surface area contributed by atoms with Gasteiger partial charge in [0, 0.05) is 16.7 Å². The van der Waals surface area contributed by atoms with Gasteiger partial charge in [-0.2, -0.15) is 0 Å². The van der Waals surface area contributed by atoms with Gasteiger partial charge in [0.15, 0.2) is 5.78 Å². The van der Waals surface area contributed by atoms with Crippen LogP contribution in [-0.4, -0.2) is 21.4 Å². The van der Waals surface area contributed by atoms with Gasteiger partial charge in [-0.05, 0) is 31.2 Å². The smallest absolute Gasteiger partial charge is 0.209 e. The van der Waals surface area contributed by atoms with Crippen molar-refractivity contribution < 1.29 is 9.18 Å². The fraction of sp³-hybridized carbons (Fsp3) is 0.0833. The SMILES string of the molecule is C[C@H]1Nc2nc3ccccc3n2C(c2cccc(F)c2)=C1C(=O)c1ccccc1. The molecule has 5 heteroatoms. The number of carbonyl (C=O) groups excluding carboxylic acids is 1. The molecule has 0 aliphatic carbocycles. The number of carbonyl (C=O) groups is 1. The molecular formula is C24H18FN3O. The Morgan fingerprint density at radius 2 is 1.76 bits per heavy atom. The number of halogens is 1. The van der Waals surface area contributed by atoms with Gasteiger partial charge in [-0.15, -0.1) is 0 Å². The van der Waals surface area contributed by atoms with Crippen molar-refractivity contribution in [1.29, 1.82) is 0 Å². The van der Waals surface area contributed by atoms with Crippen molar-refractivity contribution in [2.45, 2.75) is 13.0 Å². The summed E-state index contributed by atoms with van der Waals surface area (Å²) in [5.41, 5.74) is 4.15. The first-order valence-corrected chi connectivity index (χ1v) is 9.48. The lowest BCUT2D eigenvalue weighted by Crippen LogP contribution is -2.32. The Hall–Kier alpha value is -3.73. The zero-order valence-corrected chi connectivity index (χ0v) is 15.8. The number of nitrogens with zero attached hydrogens (tertiary/aromatic N) is 2. The number of aromatic nitrogens is 2. The highest BCUT2D eigenvalue weighted by molar-refractivity contribution is 6.15. The van der Waals surface area contributed by atoms with E-state index in [1.165, 1.54) is 12.1 Å². The molecule has 1 atom stereocenters. The number of ketones is 1. The molecule has 1 aliphatic rings. The van der Waals surface area contributed by atoms with Crippen LogP contribution in [-0.2, 0) is 0 Å². The standard InChI is InChI=1S/C24H18FN3O/c1-15-21(23(29)16-8-3-2-4-9-16)22(17-10-7-11-18(25)14-17)28-20-13-6-5-12-19(20)27-24(28)26-15/h2-15H,1H3,(H,26,27)/t15-/m1/s1. The van der Waals surface area contributed by atoms with Crippen LogP contribution >= 0.6 is 0 Å². The highest BCUT2D eigenvalue weighted by Gasteiger charge is 2.32. The maximum Gasteiger partial charge on any atom is 0.209 e. The van der Waals surface area contributed by atoms with Gasteiger partial charge in [0.1, 0.15) is 5.82 Å². The van der Waals surface area contributed by atoms with Gasteiger partial charge in [-0.3, -0.25) is 9.36 Å². The lowest BCUT2D eigenvalue weighted by atomic mass is 9.92. The second kappa shape index (κ2) is 6.71. The van der Waals surface area contributed by atoms with Crippen molar-refractivity contribution in [1.82, 2.24) is 9.55 Å². The summed E-state index contributed by atoms with van der Waals surface area (Å²) in [6, 6.07) is 23.0. The molecule has 0 saturated heterocycles. The van der Waals surface area contributed by atoms with Crippen LogP contribution in [0, 0.1) is 5.82 Å². The van der Waals surface area contributed by atoms with E-state index in [1.807, 2.05) is 60.0 Å². The Labute approximate surface area is 167 Å². The van der Waals surface area contributed by atoms with E-state index in [0.29, 0.717) is 28.3 Å². The fourth-order valence-corrected chi connectivity index (χ4v) is 3.91. The predicted molar refractivity (Wildman–Crippen MR) is 112 cm³/mol. The highest BCUT2D eigenvalue weighted by atomic mass is 19.1. The van der Waals surface area contributed by atoms with Crippen LogP contribution < -0.4 is 5.32 Å². The van der Waals surface area contributed by atoms with Crippen molar-refractivity contribution >= 4 is 28.5 Å². The summed E-state index contributed by atoms with van der Waals surface area (Å²) in [4.78, 5) is 18.2. The summed E-state index contributed by atoms with van der Waals surface area (Å²) >= 11 is 0. The van der Waals surface area contributed by atoms with E-state index >= 15 is 0 Å². The molecule has 0 amide bonds. The van der Waals surface area contributed by atoms with E-state index in [1.54, 1.807) is 18.2 Å². The molecule has 1 aromatic heterocycles. The normalized spacial score (nSPS) is 15.9. The number of benzene rings is 3. The average Bonchev–Trinajstić information content (AvgIpc) is 3.10. The Bertz CT molecular complexity index is 1270. The molecule has 29 heavy (non-hydrogen) atoms. The zero-order chi connectivity index (χ0) is 20.0. The number of hydrogen-bond donors (Lipinski definition) is 1. The van der Waals surface area contributed by atoms with Gasteiger partial charge >= 0.3 is 0 Å². The second-order valence-electron chi connectivity index (χ2n) is 7.09. The Balaban J connectivity index is 1.85. The summed E-state index contributed by atoms with van der Waals surface area (Å²) in [6.45, 7) is 1.93. The van der Waals surface area contributed by atoms with E-state index in [9.17, 15) is 9.18 Å². The van der Waals surface area contributed by atoms with Crippen LogP contribution in [0.5, 0.6) is 0 Å². The van der Waals surface area contributed by atoms with Crippen LogP contribution in [0.4, 0.5) is 10.3 Å². The summed E-state index contributed by atoms with van der Waals surface area (Å²) < 4.78 is 16.1. The number of rotatable bonds is 3. The van der Waals surface area contributed by atoms with Gasteiger partial charge < -0.3 is 5.32 Å². The third-order valence-corrected chi connectivity index (χ3v) is 5.20. The van der Waals surface area contributed by atoms with Crippen LogP contribution in [0.25, 0.3) is 16.7 Å². The van der Waals surface area contributed by atoms with Crippen LogP contribution in [0.2, 0.25) is 0 Å². The Morgan fingerprint density at radius 3 is 2.55 bits per heavy atom. The van der Waals surface area contributed by atoms with Gasteiger partial charge in [0.2, 0.25) is 5.95 Å². The largest absolute Gasteiger partial charge is 0.349 e. The van der Waals surface area contributed by atoms with E-state index < -0.39 is 0 Å². The molecule has 0 saturated carbocycles. The summed E-state index contributed by atoms with van der Waals surface area (Å²) in [6.07, 6.45) is 0. The molecule has 0 radical (unpaired) electrons. The molecule has 1 N–H and O–H groups in total. The first-order valence-electron chi connectivity index (χ1n) is 9.48. The summed E-state index contributed by atoms with van der Waals surface area (Å²) in [5, 5.41) is 3.34. The molecule has 5 rings (SSSR count). The van der Waals surface area contributed by atoms with E-state index in [-0.39, 0.29) is 17.6 Å². The summed E-state index contributed by atoms with van der Waals surface area (Å²) in [5.74, 6) is 0.203. The predicted octanol–water partition coefficient (Wildman–Crippen LogP) is 5.13. The average molecular weight is 383 g/mol. The van der Waals surface area contributed by atoms with E-state index in [0.717, 1.165) is 11.0 Å². The summed E-state index contributed by atoms with van der Waals surface area (Å²) in [7, 11) is 0. The number of fused-ring (bicyclic) bond motifs is 3. The van der Waals surface area contributed by atoms with Crippen LogP contribution in [0.3, 0.4) is 0 Å². The minimum Gasteiger partial charge on any atom is -0.349 e. The van der Waals surface area contributed by atoms with Crippen molar-refractivity contribution in [3.05, 3.63) is 101 Å². The highest BCUT2D eigenvalue weighted by Crippen LogP contribution is 2.37. The molecule has 3 aromatic carbocycles. The molecule has 0 bridgehead atoms. The van der Waals surface area contributed by atoms with Crippen LogP contribution in [0.1, 0.15) is 22.8 Å². The third kappa shape index (κ3) is 2.83. The molecule has 142 valence electrons. The molecule has 4 nitrogen and oxygen atoms in total. The zero-order valence-electron chi connectivity index (χ0n) is 15.8. The topological polar surface area (TPSA) is 46.9 Å². The first-order chi connectivity index (χ1) is 14.1. The number of Topliss-reactive ketones (excluding diaryl/α,β-unsaturated/α-hetero) is 1. The van der Waals surface area contributed by atoms with Gasteiger partial charge in [-0.1, -0.05) is 54.6 Å². The number of imidazole rings is 1. The minimum atomic E-state index is -0.348. The van der Waals surface area contributed by atoms with Crippen LogP contribution in [0.15, 0.2) is 84.4 Å². The minimum absolute atomic E-state index is 0.0895. The van der Waals surface area contributed by atoms with E-state index in [2.05, 4.69) is 10.3 Å². The Morgan fingerprint density at radius 1 is 1.00 bits per heavy atom. The molecule has 1 aliphatic heterocycles. The second-order valence-corrected chi connectivity index (χ2v) is 7.09. The molecule has 0 fully saturated rings. The molecule has 2 heterocycles. The molecule has 0 unspecified atom stereocenters. The third-order valence-electron chi connectivity index (χ3n) is 5.20. The fourth-order valence-electron chi connectivity index (χ4n) is 3.91. The quantitative estimate of drug-likeness (QED) is 0.499. The molecular weight excluding hydrogens is 365 g/mol. The lowest BCUT2D eigenvalue weighted by molar-refractivity contribution is 0.103. The van der Waals surface area contributed by atoms with Crippen molar-refractivity contribution in [2.24, 2.45) is 0 Å². The van der Waals surface area contributed by atoms with Gasteiger partial charge in [0.05, 0.1) is 22.8 Å². The Kier molecular flexibility index (Phi) is 4.02. The molecule has 0 spiro atoms. The van der Waals surface area contributed by atoms with Crippen molar-refractivity contribution in [3.63, 3.8) is 0 Å². The maximum absolute atomic E-state index is 14.1. The maximum atomic E-state index is 14.1. The first kappa shape index (κ1) is 17.4. The number of para-hydroxylation sites is 2. The van der Waals surface area contributed by atoms with E-state index in [4.69, 9.17) is 0 Å². The van der Waals surface area contributed by atoms with Gasteiger partial charge in [0.25, 0.3) is 0 Å². The van der Waals surface area contributed by atoms with Crippen molar-refractivity contribution in [2.75, 3.05) is 5.32 Å². The number of anilines is 1. The molecule has 4 aromatic rings.